The third-order valence-electron chi connectivity index (χ3n) is 5.01. The Hall–Kier alpha value is -1.50. The summed E-state index contributed by atoms with van der Waals surface area (Å²) in [5.41, 5.74) is 1.77. The van der Waals surface area contributed by atoms with E-state index in [1.807, 2.05) is 0 Å². The normalized spacial score (nSPS) is 20.9. The smallest absolute Gasteiger partial charge is 0.322 e. The molecule has 2 aromatic carbocycles. The lowest BCUT2D eigenvalue weighted by Crippen LogP contribution is -3.27. The van der Waals surface area contributed by atoms with Crippen LogP contribution in [0, 0.1) is 0 Å². The molecule has 140 valence electrons. The van der Waals surface area contributed by atoms with E-state index in [1.165, 1.54) is 27.5 Å². The Bertz CT molecular complexity index is 690. The van der Waals surface area contributed by atoms with Gasteiger partial charge in [-0.05, 0) is 30.5 Å². The van der Waals surface area contributed by atoms with Gasteiger partial charge >= 0.3 is 6.18 Å². The molecule has 0 amide bonds. The molecule has 0 spiro atoms. The number of quaternary nitrogens is 2. The van der Waals surface area contributed by atoms with Crippen LogP contribution in [0.3, 0.4) is 0 Å². The fourth-order valence-corrected chi connectivity index (χ4v) is 3.85. The lowest BCUT2D eigenvalue weighted by Gasteiger charge is -2.30. The first kappa shape index (κ1) is 19.3. The van der Waals surface area contributed by atoms with E-state index < -0.39 is 11.7 Å². The van der Waals surface area contributed by atoms with Crippen molar-refractivity contribution < 1.29 is 23.0 Å². The van der Waals surface area contributed by atoms with Crippen LogP contribution in [0.25, 0.3) is 0 Å². The van der Waals surface area contributed by atoms with Crippen molar-refractivity contribution in [2.24, 2.45) is 0 Å². The molecule has 6 heteroatoms. The molecule has 1 heterocycles. The van der Waals surface area contributed by atoms with E-state index in [1.54, 1.807) is 28.8 Å². The second-order valence-electron chi connectivity index (χ2n) is 6.90. The van der Waals surface area contributed by atoms with Crippen molar-refractivity contribution in [3.63, 3.8) is 0 Å². The zero-order chi connectivity index (χ0) is 18.6. The van der Waals surface area contributed by atoms with E-state index in [0.717, 1.165) is 44.8 Å². The summed E-state index contributed by atoms with van der Waals surface area (Å²) in [5, 5.41) is 0. The number of hydrogen-bond donors (Lipinski definition) is 2. The maximum atomic E-state index is 12.6. The summed E-state index contributed by atoms with van der Waals surface area (Å²) in [5.74, 6) is 0. The summed E-state index contributed by atoms with van der Waals surface area (Å²) >= 11 is 1.75. The van der Waals surface area contributed by atoms with Crippen LogP contribution in [0.1, 0.15) is 16.7 Å². The minimum atomic E-state index is -4.26. The van der Waals surface area contributed by atoms with Crippen molar-refractivity contribution in [1.29, 1.82) is 0 Å². The van der Waals surface area contributed by atoms with Gasteiger partial charge in [-0.15, -0.1) is 11.8 Å². The Labute approximate surface area is 157 Å². The van der Waals surface area contributed by atoms with Crippen LogP contribution in [0.5, 0.6) is 0 Å². The van der Waals surface area contributed by atoms with Gasteiger partial charge in [0, 0.05) is 16.0 Å². The maximum Gasteiger partial charge on any atom is 0.416 e. The molecular formula is C20H25F3N2S+2. The summed E-state index contributed by atoms with van der Waals surface area (Å²) in [4.78, 5) is 4.32. The SMILES string of the molecule is CSc1ccc(C[NH+]2CC[NH+](Cc3ccc(C(F)(F)F)cc3)CC2)cc1. The van der Waals surface area contributed by atoms with Crippen molar-refractivity contribution >= 4 is 11.8 Å². The fourth-order valence-electron chi connectivity index (χ4n) is 3.44. The highest BCUT2D eigenvalue weighted by molar-refractivity contribution is 7.98. The average Bonchev–Trinajstić information content (AvgIpc) is 2.64. The third-order valence-corrected chi connectivity index (χ3v) is 5.76. The number of benzene rings is 2. The van der Waals surface area contributed by atoms with Gasteiger partial charge in [-0.2, -0.15) is 13.2 Å². The Morgan fingerprint density at radius 1 is 0.769 bits per heavy atom. The van der Waals surface area contributed by atoms with Gasteiger partial charge in [-0.25, -0.2) is 0 Å². The molecule has 3 rings (SSSR count). The average molecular weight is 382 g/mol. The molecule has 1 aliphatic heterocycles. The van der Waals surface area contributed by atoms with Crippen molar-refractivity contribution in [2.45, 2.75) is 24.2 Å². The molecule has 2 aromatic rings. The van der Waals surface area contributed by atoms with Crippen molar-refractivity contribution in [2.75, 3.05) is 32.4 Å². The van der Waals surface area contributed by atoms with E-state index >= 15 is 0 Å². The molecule has 26 heavy (non-hydrogen) atoms. The molecule has 0 bridgehead atoms. The van der Waals surface area contributed by atoms with Crippen molar-refractivity contribution in [3.05, 3.63) is 65.2 Å². The maximum absolute atomic E-state index is 12.6. The number of nitrogens with one attached hydrogen (secondary N) is 2. The monoisotopic (exact) mass is 382 g/mol. The highest BCUT2D eigenvalue weighted by Gasteiger charge is 2.30. The van der Waals surface area contributed by atoms with E-state index in [9.17, 15) is 13.2 Å². The van der Waals surface area contributed by atoms with Crippen LogP contribution in [-0.2, 0) is 19.3 Å². The first-order valence-electron chi connectivity index (χ1n) is 8.90. The molecule has 0 aliphatic carbocycles. The standard InChI is InChI=1S/C20H23F3N2S/c1-26-19-8-4-17(5-9-19)15-25-12-10-24(11-13-25)14-16-2-6-18(7-3-16)20(21,22)23/h2-9H,10-15H2,1H3/p+2. The zero-order valence-corrected chi connectivity index (χ0v) is 15.7. The lowest BCUT2D eigenvalue weighted by atomic mass is 10.1. The van der Waals surface area contributed by atoms with E-state index in [0.29, 0.717) is 0 Å². The molecular weight excluding hydrogens is 357 g/mol. The van der Waals surface area contributed by atoms with E-state index in [-0.39, 0.29) is 0 Å². The van der Waals surface area contributed by atoms with Gasteiger partial charge in [0.05, 0.1) is 5.56 Å². The number of rotatable bonds is 5. The number of halogens is 3. The molecule has 1 fully saturated rings. The molecule has 2 N–H and O–H groups in total. The van der Waals surface area contributed by atoms with Crippen molar-refractivity contribution in [1.82, 2.24) is 0 Å². The van der Waals surface area contributed by atoms with E-state index in [4.69, 9.17) is 0 Å². The third kappa shape index (κ3) is 5.25. The van der Waals surface area contributed by atoms with Crippen LogP contribution >= 0.6 is 11.8 Å². The molecule has 1 aliphatic rings. The minimum absolute atomic E-state index is 0.571. The summed E-state index contributed by atoms with van der Waals surface area (Å²) in [6.07, 6.45) is -2.17. The molecule has 2 nitrogen and oxygen atoms in total. The molecule has 0 saturated carbocycles. The van der Waals surface area contributed by atoms with Crippen LogP contribution in [-0.4, -0.2) is 32.4 Å². The largest absolute Gasteiger partial charge is 0.416 e. The lowest BCUT2D eigenvalue weighted by molar-refractivity contribution is -1.02. The van der Waals surface area contributed by atoms with Gasteiger partial charge in [0.25, 0.3) is 0 Å². The number of piperazine rings is 1. The number of alkyl halides is 3. The number of hydrogen-bond acceptors (Lipinski definition) is 1. The molecule has 0 aromatic heterocycles. The summed E-state index contributed by atoms with van der Waals surface area (Å²) in [6.45, 7) is 6.15. The molecule has 0 unspecified atom stereocenters. The highest BCUT2D eigenvalue weighted by atomic mass is 32.2. The predicted molar refractivity (Wildman–Crippen MR) is 98.5 cm³/mol. The second kappa shape index (κ2) is 8.46. The Kier molecular flexibility index (Phi) is 6.27. The first-order chi connectivity index (χ1) is 12.4. The molecule has 1 saturated heterocycles. The summed E-state index contributed by atoms with van der Waals surface area (Å²) in [7, 11) is 0. The number of thioether (sulfide) groups is 1. The molecule has 0 atom stereocenters. The van der Waals surface area contributed by atoms with Gasteiger partial charge < -0.3 is 9.80 Å². The second-order valence-corrected chi connectivity index (χ2v) is 7.78. The quantitative estimate of drug-likeness (QED) is 0.751. The van der Waals surface area contributed by atoms with Gasteiger partial charge in [-0.1, -0.05) is 24.3 Å². The topological polar surface area (TPSA) is 8.88 Å². The minimum Gasteiger partial charge on any atom is -0.322 e. The highest BCUT2D eigenvalue weighted by Crippen LogP contribution is 2.28. The molecule has 0 radical (unpaired) electrons. The Balaban J connectivity index is 1.47. The van der Waals surface area contributed by atoms with Gasteiger partial charge in [0.2, 0.25) is 0 Å². The van der Waals surface area contributed by atoms with Gasteiger partial charge in [0.15, 0.2) is 0 Å². The Morgan fingerprint density at radius 3 is 1.58 bits per heavy atom. The van der Waals surface area contributed by atoms with Crippen LogP contribution in [0.4, 0.5) is 13.2 Å². The van der Waals surface area contributed by atoms with Crippen LogP contribution < -0.4 is 9.80 Å². The first-order valence-corrected chi connectivity index (χ1v) is 10.1. The van der Waals surface area contributed by atoms with E-state index in [2.05, 4.69) is 30.5 Å². The Morgan fingerprint density at radius 2 is 1.19 bits per heavy atom. The summed E-state index contributed by atoms with van der Waals surface area (Å²) in [6, 6.07) is 14.4. The van der Waals surface area contributed by atoms with Gasteiger partial charge in [-0.3, -0.25) is 0 Å². The van der Waals surface area contributed by atoms with Gasteiger partial charge in [0.1, 0.15) is 39.3 Å². The van der Waals surface area contributed by atoms with Crippen molar-refractivity contribution in [3.8, 4) is 0 Å². The predicted octanol–water partition coefficient (Wildman–Crippen LogP) is 1.91. The van der Waals surface area contributed by atoms with Crippen LogP contribution in [0.15, 0.2) is 53.4 Å². The zero-order valence-electron chi connectivity index (χ0n) is 14.9. The van der Waals surface area contributed by atoms with Crippen LogP contribution in [0.2, 0.25) is 0 Å². The fraction of sp³-hybridized carbons (Fsp3) is 0.400. The summed E-state index contributed by atoms with van der Waals surface area (Å²) < 4.78 is 37.9.